The van der Waals surface area contributed by atoms with Gasteiger partial charge in [0.1, 0.15) is 6.10 Å². The van der Waals surface area contributed by atoms with E-state index >= 15 is 0 Å². The molecule has 0 bridgehead atoms. The molecular weight excluding hydrogens is 306 g/mol. The van der Waals surface area contributed by atoms with Crippen LogP contribution in [0.3, 0.4) is 0 Å². The summed E-state index contributed by atoms with van der Waals surface area (Å²) in [6.45, 7) is 0.579. The summed E-state index contributed by atoms with van der Waals surface area (Å²) < 4.78 is 5.51. The lowest BCUT2D eigenvalue weighted by Crippen LogP contribution is -2.40. The van der Waals surface area contributed by atoms with E-state index in [1.165, 1.54) is 0 Å². The highest BCUT2D eigenvalue weighted by Crippen LogP contribution is 2.27. The van der Waals surface area contributed by atoms with Gasteiger partial charge >= 0.3 is 5.97 Å². The molecule has 0 aliphatic carbocycles. The minimum atomic E-state index is -0.946. The van der Waals surface area contributed by atoms with Gasteiger partial charge in [0.05, 0.1) is 12.5 Å². The van der Waals surface area contributed by atoms with E-state index in [2.05, 4.69) is 5.32 Å². The van der Waals surface area contributed by atoms with Gasteiger partial charge in [-0.15, -0.1) is 0 Å². The van der Waals surface area contributed by atoms with Gasteiger partial charge in [-0.3, -0.25) is 9.59 Å². The van der Waals surface area contributed by atoms with Crippen LogP contribution in [0, 0.1) is 0 Å². The summed E-state index contributed by atoms with van der Waals surface area (Å²) in [4.78, 5) is 23.8. The molecule has 5 heteroatoms. The zero-order chi connectivity index (χ0) is 16.9. The molecule has 0 spiro atoms. The maximum atomic E-state index is 12.5. The lowest BCUT2D eigenvalue weighted by Gasteiger charge is -2.25. The van der Waals surface area contributed by atoms with Crippen LogP contribution >= 0.6 is 0 Å². The van der Waals surface area contributed by atoms with Crippen molar-refractivity contribution in [2.75, 3.05) is 6.61 Å². The third kappa shape index (κ3) is 3.74. The van der Waals surface area contributed by atoms with E-state index in [0.29, 0.717) is 13.0 Å². The fourth-order valence-electron chi connectivity index (χ4n) is 3.18. The van der Waals surface area contributed by atoms with Crippen LogP contribution in [0.25, 0.3) is 10.8 Å². The molecule has 5 nitrogen and oxygen atoms in total. The SMILES string of the molecule is O=C(O)C[C@@H](NC(=O)C1CCCCO1)c1cccc2ccccc12. The fraction of sp³-hybridized carbons (Fsp3) is 0.368. The highest BCUT2D eigenvalue weighted by Gasteiger charge is 2.26. The zero-order valence-electron chi connectivity index (χ0n) is 13.4. The molecule has 2 aromatic rings. The third-order valence-corrected chi connectivity index (χ3v) is 4.37. The van der Waals surface area contributed by atoms with Gasteiger partial charge in [-0.25, -0.2) is 0 Å². The van der Waals surface area contributed by atoms with Crippen molar-refractivity contribution in [2.24, 2.45) is 0 Å². The Hall–Kier alpha value is -2.40. The molecule has 1 aliphatic rings. The number of carboxylic acid groups (broad SMARTS) is 1. The summed E-state index contributed by atoms with van der Waals surface area (Å²) in [6.07, 6.45) is 1.96. The van der Waals surface area contributed by atoms with Gasteiger partial charge in [0.2, 0.25) is 5.91 Å². The van der Waals surface area contributed by atoms with E-state index in [1.807, 2.05) is 42.5 Å². The summed E-state index contributed by atoms with van der Waals surface area (Å²) >= 11 is 0. The van der Waals surface area contributed by atoms with Crippen molar-refractivity contribution < 1.29 is 19.4 Å². The lowest BCUT2D eigenvalue weighted by atomic mass is 9.96. The minimum absolute atomic E-state index is 0.160. The number of nitrogens with one attached hydrogen (secondary N) is 1. The molecule has 1 aliphatic heterocycles. The van der Waals surface area contributed by atoms with Crippen molar-refractivity contribution in [1.82, 2.24) is 5.32 Å². The summed E-state index contributed by atoms with van der Waals surface area (Å²) in [7, 11) is 0. The van der Waals surface area contributed by atoms with E-state index in [0.717, 1.165) is 29.2 Å². The highest BCUT2D eigenvalue weighted by molar-refractivity contribution is 5.88. The third-order valence-electron chi connectivity index (χ3n) is 4.37. The van der Waals surface area contributed by atoms with Gasteiger partial charge in [-0.1, -0.05) is 42.5 Å². The van der Waals surface area contributed by atoms with Crippen molar-refractivity contribution >= 4 is 22.6 Å². The molecule has 0 saturated carbocycles. The number of amides is 1. The molecule has 2 N–H and O–H groups in total. The Morgan fingerprint density at radius 3 is 2.71 bits per heavy atom. The first-order valence-electron chi connectivity index (χ1n) is 8.26. The van der Waals surface area contributed by atoms with Crippen LogP contribution < -0.4 is 5.32 Å². The zero-order valence-corrected chi connectivity index (χ0v) is 13.4. The Bertz CT molecular complexity index is 732. The quantitative estimate of drug-likeness (QED) is 0.885. The van der Waals surface area contributed by atoms with Gasteiger partial charge in [-0.05, 0) is 35.6 Å². The van der Waals surface area contributed by atoms with Crippen LogP contribution in [0.1, 0.15) is 37.3 Å². The van der Waals surface area contributed by atoms with Crippen LogP contribution in [0.4, 0.5) is 0 Å². The number of hydrogen-bond donors (Lipinski definition) is 2. The average molecular weight is 327 g/mol. The number of rotatable bonds is 5. The minimum Gasteiger partial charge on any atom is -0.481 e. The first-order chi connectivity index (χ1) is 11.6. The molecule has 2 atom stereocenters. The van der Waals surface area contributed by atoms with Crippen LogP contribution in [0.2, 0.25) is 0 Å². The number of ether oxygens (including phenoxy) is 1. The number of hydrogen-bond acceptors (Lipinski definition) is 3. The molecule has 1 fully saturated rings. The second-order valence-corrected chi connectivity index (χ2v) is 6.08. The first kappa shape index (κ1) is 16.5. The van der Waals surface area contributed by atoms with Crippen molar-refractivity contribution in [3.8, 4) is 0 Å². The standard InChI is InChI=1S/C19H21NO4/c21-18(22)12-16(20-19(23)17-10-3-4-11-24-17)15-9-5-7-13-6-1-2-8-14(13)15/h1-2,5-9,16-17H,3-4,10-12H2,(H,20,23)(H,21,22)/t16-,17?/m1/s1. The molecule has 126 valence electrons. The number of carbonyl (C=O) groups is 2. The number of aliphatic carboxylic acids is 1. The van der Waals surface area contributed by atoms with E-state index < -0.39 is 18.1 Å². The summed E-state index contributed by atoms with van der Waals surface area (Å²) in [5, 5.41) is 14.1. The van der Waals surface area contributed by atoms with Crippen molar-refractivity contribution in [3.63, 3.8) is 0 Å². The number of carboxylic acids is 1. The summed E-state index contributed by atoms with van der Waals surface area (Å²) in [5.41, 5.74) is 0.819. The number of benzene rings is 2. The molecule has 2 aromatic carbocycles. The predicted molar refractivity (Wildman–Crippen MR) is 90.7 cm³/mol. The maximum Gasteiger partial charge on any atom is 0.305 e. The highest BCUT2D eigenvalue weighted by atomic mass is 16.5. The topological polar surface area (TPSA) is 75.6 Å². The largest absolute Gasteiger partial charge is 0.481 e. The molecule has 1 amide bonds. The smallest absolute Gasteiger partial charge is 0.305 e. The Morgan fingerprint density at radius 1 is 1.17 bits per heavy atom. The van der Waals surface area contributed by atoms with Gasteiger partial charge in [0, 0.05) is 6.61 Å². The second-order valence-electron chi connectivity index (χ2n) is 6.08. The Kier molecular flexibility index (Phi) is 5.11. The molecular formula is C19H21NO4. The average Bonchev–Trinajstić information content (AvgIpc) is 2.61. The van der Waals surface area contributed by atoms with Gasteiger partial charge in [0.15, 0.2) is 0 Å². The van der Waals surface area contributed by atoms with E-state index in [1.54, 1.807) is 0 Å². The Labute approximate surface area is 140 Å². The molecule has 1 unspecified atom stereocenters. The lowest BCUT2D eigenvalue weighted by molar-refractivity contribution is -0.139. The normalized spacial score (nSPS) is 18.9. The Balaban J connectivity index is 1.88. The number of fused-ring (bicyclic) bond motifs is 1. The van der Waals surface area contributed by atoms with Crippen molar-refractivity contribution in [3.05, 3.63) is 48.0 Å². The molecule has 3 rings (SSSR count). The van der Waals surface area contributed by atoms with Gasteiger partial charge in [0.25, 0.3) is 0 Å². The van der Waals surface area contributed by atoms with E-state index in [9.17, 15) is 14.7 Å². The van der Waals surface area contributed by atoms with Gasteiger partial charge < -0.3 is 15.2 Å². The molecule has 0 radical (unpaired) electrons. The van der Waals surface area contributed by atoms with Crippen LogP contribution in [0.5, 0.6) is 0 Å². The second kappa shape index (κ2) is 7.45. The van der Waals surface area contributed by atoms with Crippen LogP contribution in [0.15, 0.2) is 42.5 Å². The number of carbonyl (C=O) groups excluding carboxylic acids is 1. The van der Waals surface area contributed by atoms with Crippen LogP contribution in [-0.2, 0) is 14.3 Å². The van der Waals surface area contributed by atoms with Crippen LogP contribution in [-0.4, -0.2) is 29.7 Å². The molecule has 1 heterocycles. The molecule has 1 saturated heterocycles. The first-order valence-corrected chi connectivity index (χ1v) is 8.26. The monoisotopic (exact) mass is 327 g/mol. The van der Waals surface area contributed by atoms with Gasteiger partial charge in [-0.2, -0.15) is 0 Å². The van der Waals surface area contributed by atoms with E-state index in [-0.39, 0.29) is 12.3 Å². The fourth-order valence-corrected chi connectivity index (χ4v) is 3.18. The molecule has 0 aromatic heterocycles. The van der Waals surface area contributed by atoms with E-state index in [4.69, 9.17) is 4.74 Å². The van der Waals surface area contributed by atoms with Crippen molar-refractivity contribution in [2.45, 2.75) is 37.8 Å². The summed E-state index contributed by atoms with van der Waals surface area (Å²) in [5.74, 6) is -1.17. The summed E-state index contributed by atoms with van der Waals surface area (Å²) in [6, 6.07) is 12.9. The predicted octanol–water partition coefficient (Wildman–Crippen LogP) is 3.04. The Morgan fingerprint density at radius 2 is 1.96 bits per heavy atom. The molecule has 24 heavy (non-hydrogen) atoms. The van der Waals surface area contributed by atoms with Crippen molar-refractivity contribution in [1.29, 1.82) is 0 Å². The maximum absolute atomic E-state index is 12.5.